The van der Waals surface area contributed by atoms with E-state index in [0.717, 1.165) is 51.1 Å². The van der Waals surface area contributed by atoms with Crippen LogP contribution in [-0.4, -0.2) is 55.4 Å². The van der Waals surface area contributed by atoms with Crippen LogP contribution < -0.4 is 5.32 Å². The molecule has 3 rings (SSSR count). The number of amides is 1. The predicted octanol–water partition coefficient (Wildman–Crippen LogP) is 1.96. The summed E-state index contributed by atoms with van der Waals surface area (Å²) in [4.78, 5) is 14.6. The fraction of sp³-hybridized carbons (Fsp3) is 0.632. The maximum absolute atomic E-state index is 12.4. The predicted molar refractivity (Wildman–Crippen MR) is 92.7 cm³/mol. The number of rotatable bonds is 6. The quantitative estimate of drug-likeness (QED) is 0.865. The smallest absolute Gasteiger partial charge is 0.237 e. The number of ether oxygens (including phenoxy) is 2. The van der Waals surface area contributed by atoms with Gasteiger partial charge >= 0.3 is 0 Å². The highest BCUT2D eigenvalue weighted by Gasteiger charge is 2.29. The Morgan fingerprint density at radius 1 is 1.25 bits per heavy atom. The average Bonchev–Trinajstić information content (AvgIpc) is 3.13. The van der Waals surface area contributed by atoms with Crippen LogP contribution in [-0.2, 0) is 20.8 Å². The van der Waals surface area contributed by atoms with E-state index in [1.54, 1.807) is 0 Å². The molecule has 24 heavy (non-hydrogen) atoms. The average molecular weight is 332 g/mol. The molecule has 1 N–H and O–H groups in total. The molecule has 0 aromatic heterocycles. The number of hydrogen-bond acceptors (Lipinski definition) is 4. The van der Waals surface area contributed by atoms with Crippen molar-refractivity contribution in [3.05, 3.63) is 35.9 Å². The first kappa shape index (κ1) is 17.4. The minimum absolute atomic E-state index is 0.0931. The lowest BCUT2D eigenvalue weighted by molar-refractivity contribution is -0.127. The highest BCUT2D eigenvalue weighted by molar-refractivity contribution is 5.81. The zero-order valence-corrected chi connectivity index (χ0v) is 14.4. The summed E-state index contributed by atoms with van der Waals surface area (Å²) in [6.07, 6.45) is 3.58. The summed E-state index contributed by atoms with van der Waals surface area (Å²) >= 11 is 0. The highest BCUT2D eigenvalue weighted by atomic mass is 16.5. The minimum Gasteiger partial charge on any atom is -0.379 e. The van der Waals surface area contributed by atoms with Crippen molar-refractivity contribution in [3.63, 3.8) is 0 Å². The van der Waals surface area contributed by atoms with Crippen LogP contribution in [0.15, 0.2) is 30.3 Å². The topological polar surface area (TPSA) is 50.8 Å². The molecule has 0 saturated carbocycles. The van der Waals surface area contributed by atoms with Gasteiger partial charge in [0.25, 0.3) is 0 Å². The number of carbonyl (C=O) groups is 1. The summed E-state index contributed by atoms with van der Waals surface area (Å²) in [6, 6.07) is 9.93. The van der Waals surface area contributed by atoms with Gasteiger partial charge in [0.1, 0.15) is 0 Å². The van der Waals surface area contributed by atoms with Gasteiger partial charge in [0.05, 0.1) is 24.9 Å². The molecule has 1 aromatic carbocycles. The van der Waals surface area contributed by atoms with Crippen LogP contribution >= 0.6 is 0 Å². The molecular formula is C19H28N2O3. The van der Waals surface area contributed by atoms with E-state index >= 15 is 0 Å². The van der Waals surface area contributed by atoms with Crippen molar-refractivity contribution in [2.24, 2.45) is 0 Å². The molecule has 1 amide bonds. The van der Waals surface area contributed by atoms with E-state index in [4.69, 9.17) is 9.47 Å². The molecule has 0 radical (unpaired) electrons. The second-order valence-electron chi connectivity index (χ2n) is 6.74. The number of carbonyl (C=O) groups excluding carboxylic acids is 1. The summed E-state index contributed by atoms with van der Waals surface area (Å²) in [6.45, 7) is 5.97. The Labute approximate surface area is 144 Å². The molecule has 0 spiro atoms. The van der Waals surface area contributed by atoms with E-state index in [2.05, 4.69) is 10.2 Å². The maximum Gasteiger partial charge on any atom is 0.237 e. The number of nitrogens with one attached hydrogen (secondary N) is 1. The fourth-order valence-electron chi connectivity index (χ4n) is 3.39. The van der Waals surface area contributed by atoms with E-state index in [1.165, 1.54) is 0 Å². The lowest BCUT2D eigenvalue weighted by Gasteiger charge is -2.36. The minimum atomic E-state index is -0.0931. The first-order valence-corrected chi connectivity index (χ1v) is 9.01. The van der Waals surface area contributed by atoms with Crippen molar-refractivity contribution in [2.75, 3.05) is 26.3 Å². The number of hydrogen-bond donors (Lipinski definition) is 1. The second kappa shape index (κ2) is 8.60. The lowest BCUT2D eigenvalue weighted by Crippen LogP contribution is -2.49. The van der Waals surface area contributed by atoms with Gasteiger partial charge in [-0.25, -0.2) is 0 Å². The Hall–Kier alpha value is -1.43. The zero-order chi connectivity index (χ0) is 16.8. The second-order valence-corrected chi connectivity index (χ2v) is 6.74. The van der Waals surface area contributed by atoms with Crippen molar-refractivity contribution in [1.29, 1.82) is 0 Å². The summed E-state index contributed by atoms with van der Waals surface area (Å²) in [5.74, 6) is 0.0995. The molecule has 132 valence electrons. The number of piperidine rings is 1. The van der Waals surface area contributed by atoms with E-state index in [0.29, 0.717) is 12.6 Å². The van der Waals surface area contributed by atoms with Gasteiger partial charge in [0.2, 0.25) is 5.91 Å². The monoisotopic (exact) mass is 332 g/mol. The number of likely N-dealkylation sites (tertiary alicyclic amines) is 1. The molecule has 2 aliphatic rings. The van der Waals surface area contributed by atoms with Crippen molar-refractivity contribution < 1.29 is 14.3 Å². The highest BCUT2D eigenvalue weighted by Crippen LogP contribution is 2.20. The van der Waals surface area contributed by atoms with Crippen molar-refractivity contribution >= 4 is 5.91 Å². The van der Waals surface area contributed by atoms with Gasteiger partial charge in [0, 0.05) is 26.2 Å². The van der Waals surface area contributed by atoms with Gasteiger partial charge in [0.15, 0.2) is 0 Å². The summed E-state index contributed by atoms with van der Waals surface area (Å²) < 4.78 is 11.5. The molecule has 1 aromatic rings. The molecule has 2 saturated heterocycles. The Bertz CT molecular complexity index is 509. The van der Waals surface area contributed by atoms with E-state index < -0.39 is 0 Å². The Morgan fingerprint density at radius 2 is 2.00 bits per heavy atom. The van der Waals surface area contributed by atoms with Gasteiger partial charge in [-0.1, -0.05) is 30.3 Å². The normalized spacial score (nSPS) is 24.0. The van der Waals surface area contributed by atoms with Crippen molar-refractivity contribution in [3.8, 4) is 0 Å². The SMILES string of the molecule is C[C@H](C(=O)NCc1ccccc1)N1CCC(O[C@@H]2CCOC2)CC1. The molecule has 0 bridgehead atoms. The first-order valence-electron chi connectivity index (χ1n) is 9.01. The first-order chi connectivity index (χ1) is 11.7. The van der Waals surface area contributed by atoms with Crippen LogP contribution in [0.25, 0.3) is 0 Å². The number of benzene rings is 1. The molecule has 2 fully saturated rings. The third-order valence-corrected chi connectivity index (χ3v) is 4.99. The molecule has 2 heterocycles. The van der Waals surface area contributed by atoms with Crippen LogP contribution in [0.4, 0.5) is 0 Å². The van der Waals surface area contributed by atoms with Crippen LogP contribution in [0.1, 0.15) is 31.7 Å². The number of nitrogens with zero attached hydrogens (tertiary/aromatic N) is 1. The van der Waals surface area contributed by atoms with E-state index in [9.17, 15) is 4.79 Å². The molecule has 5 heteroatoms. The van der Waals surface area contributed by atoms with Crippen molar-refractivity contribution in [1.82, 2.24) is 10.2 Å². The Balaban J connectivity index is 1.39. The third kappa shape index (κ3) is 4.79. The van der Waals surface area contributed by atoms with Crippen LogP contribution in [0.5, 0.6) is 0 Å². The lowest BCUT2D eigenvalue weighted by atomic mass is 10.1. The molecular weight excluding hydrogens is 304 g/mol. The van der Waals surface area contributed by atoms with Gasteiger partial charge in [-0.05, 0) is 31.7 Å². The summed E-state index contributed by atoms with van der Waals surface area (Å²) in [5, 5.41) is 3.04. The molecule has 2 aliphatic heterocycles. The summed E-state index contributed by atoms with van der Waals surface area (Å²) in [5.41, 5.74) is 1.13. The van der Waals surface area contributed by atoms with Crippen LogP contribution in [0.2, 0.25) is 0 Å². The van der Waals surface area contributed by atoms with E-state index in [-0.39, 0.29) is 18.1 Å². The van der Waals surface area contributed by atoms with Crippen molar-refractivity contribution in [2.45, 2.75) is 51.0 Å². The molecule has 5 nitrogen and oxygen atoms in total. The third-order valence-electron chi connectivity index (χ3n) is 4.99. The Morgan fingerprint density at radius 3 is 2.67 bits per heavy atom. The molecule has 2 atom stereocenters. The van der Waals surface area contributed by atoms with Gasteiger partial charge < -0.3 is 14.8 Å². The molecule has 0 unspecified atom stereocenters. The summed E-state index contributed by atoms with van der Waals surface area (Å²) in [7, 11) is 0. The molecule has 0 aliphatic carbocycles. The maximum atomic E-state index is 12.4. The van der Waals surface area contributed by atoms with Crippen LogP contribution in [0.3, 0.4) is 0 Å². The standard InChI is InChI=1S/C19H28N2O3/c1-15(19(22)20-13-16-5-3-2-4-6-16)21-10-7-17(8-11-21)24-18-9-12-23-14-18/h2-6,15,17-18H,7-14H2,1H3,(H,20,22)/t15-,18-/m1/s1. The van der Waals surface area contributed by atoms with Gasteiger partial charge in [-0.3, -0.25) is 9.69 Å². The van der Waals surface area contributed by atoms with Gasteiger partial charge in [-0.2, -0.15) is 0 Å². The Kier molecular flexibility index (Phi) is 6.24. The van der Waals surface area contributed by atoms with Crippen LogP contribution in [0, 0.1) is 0 Å². The largest absolute Gasteiger partial charge is 0.379 e. The zero-order valence-electron chi connectivity index (χ0n) is 14.4. The van der Waals surface area contributed by atoms with Gasteiger partial charge in [-0.15, -0.1) is 0 Å². The van der Waals surface area contributed by atoms with E-state index in [1.807, 2.05) is 37.3 Å². The fourth-order valence-corrected chi connectivity index (χ4v) is 3.39.